The van der Waals surface area contributed by atoms with E-state index in [0.29, 0.717) is 25.4 Å². The molecular formula is C11H18ClN3O2. The van der Waals surface area contributed by atoms with Gasteiger partial charge in [0.2, 0.25) is 0 Å². The highest BCUT2D eigenvalue weighted by Crippen LogP contribution is 2.14. The first-order valence-corrected chi connectivity index (χ1v) is 6.05. The first kappa shape index (κ1) is 14.0. The van der Waals surface area contributed by atoms with Crippen LogP contribution in [0.1, 0.15) is 20.8 Å². The molecule has 0 radical (unpaired) electrons. The van der Waals surface area contributed by atoms with Gasteiger partial charge in [-0.2, -0.15) is 5.10 Å². The summed E-state index contributed by atoms with van der Waals surface area (Å²) in [7, 11) is 0. The van der Waals surface area contributed by atoms with Crippen molar-refractivity contribution < 1.29 is 4.74 Å². The van der Waals surface area contributed by atoms with Crippen LogP contribution in [0.5, 0.6) is 0 Å². The summed E-state index contributed by atoms with van der Waals surface area (Å²) in [4.78, 5) is 11.7. The van der Waals surface area contributed by atoms with Crippen LogP contribution < -0.4 is 10.9 Å². The Morgan fingerprint density at radius 1 is 1.59 bits per heavy atom. The summed E-state index contributed by atoms with van der Waals surface area (Å²) in [6, 6.07) is 0. The maximum atomic E-state index is 11.7. The van der Waals surface area contributed by atoms with Crippen LogP contribution in [0.4, 0.5) is 5.69 Å². The molecule has 0 aliphatic rings. The number of nitrogens with one attached hydrogen (secondary N) is 1. The molecule has 1 N–H and O–H groups in total. The Morgan fingerprint density at radius 3 is 2.88 bits per heavy atom. The largest absolute Gasteiger partial charge is 0.380 e. The molecule has 0 fully saturated rings. The van der Waals surface area contributed by atoms with Crippen LogP contribution in [0, 0.1) is 0 Å². The normalized spacial score (nSPS) is 10.9. The average molecular weight is 260 g/mol. The van der Waals surface area contributed by atoms with E-state index in [1.165, 1.54) is 4.68 Å². The number of aryl methyl sites for hydroxylation is 1. The van der Waals surface area contributed by atoms with Crippen molar-refractivity contribution in [1.29, 1.82) is 0 Å². The zero-order chi connectivity index (χ0) is 12.8. The minimum Gasteiger partial charge on any atom is -0.380 e. The third kappa shape index (κ3) is 4.02. The van der Waals surface area contributed by atoms with Crippen LogP contribution in [0.25, 0.3) is 0 Å². The lowest BCUT2D eigenvalue weighted by molar-refractivity contribution is 0.0870. The highest BCUT2D eigenvalue weighted by molar-refractivity contribution is 6.32. The summed E-state index contributed by atoms with van der Waals surface area (Å²) in [5.41, 5.74) is 0.276. The molecule has 17 heavy (non-hydrogen) atoms. The van der Waals surface area contributed by atoms with E-state index in [0.717, 1.165) is 0 Å². The van der Waals surface area contributed by atoms with Crippen molar-refractivity contribution in [1.82, 2.24) is 9.78 Å². The smallest absolute Gasteiger partial charge is 0.287 e. The highest BCUT2D eigenvalue weighted by atomic mass is 35.5. The second kappa shape index (κ2) is 6.61. The quantitative estimate of drug-likeness (QED) is 0.791. The molecule has 96 valence electrons. The summed E-state index contributed by atoms with van der Waals surface area (Å²) in [5, 5.41) is 7.19. The summed E-state index contributed by atoms with van der Waals surface area (Å²) < 4.78 is 6.69. The van der Waals surface area contributed by atoms with Gasteiger partial charge in [-0.05, 0) is 20.8 Å². The SMILES string of the molecule is CCn1ncc(NCCOC(C)C)c(Cl)c1=O. The monoisotopic (exact) mass is 259 g/mol. The molecule has 5 nitrogen and oxygen atoms in total. The Morgan fingerprint density at radius 2 is 2.29 bits per heavy atom. The van der Waals surface area contributed by atoms with Crippen molar-refractivity contribution in [3.05, 3.63) is 21.6 Å². The molecule has 6 heteroatoms. The molecule has 0 unspecified atom stereocenters. The van der Waals surface area contributed by atoms with Crippen molar-refractivity contribution in [2.45, 2.75) is 33.4 Å². The lowest BCUT2D eigenvalue weighted by Crippen LogP contribution is -2.24. The molecule has 0 spiro atoms. The summed E-state index contributed by atoms with van der Waals surface area (Å²) >= 11 is 5.94. The molecular weight excluding hydrogens is 242 g/mol. The van der Waals surface area contributed by atoms with Crippen molar-refractivity contribution >= 4 is 17.3 Å². The molecule has 0 aromatic carbocycles. The fourth-order valence-corrected chi connectivity index (χ4v) is 1.51. The molecule has 0 aliphatic heterocycles. The lowest BCUT2D eigenvalue weighted by atomic mass is 10.4. The van der Waals surface area contributed by atoms with Crippen molar-refractivity contribution in [2.24, 2.45) is 0 Å². The zero-order valence-electron chi connectivity index (χ0n) is 10.4. The minimum absolute atomic E-state index is 0.173. The maximum absolute atomic E-state index is 11.7. The molecule has 1 aromatic heterocycles. The van der Waals surface area contributed by atoms with Crippen LogP contribution in [0.2, 0.25) is 5.02 Å². The number of hydrogen-bond donors (Lipinski definition) is 1. The Bertz CT molecular complexity index is 418. The summed E-state index contributed by atoms with van der Waals surface area (Å²) in [6.07, 6.45) is 1.75. The molecule has 1 heterocycles. The van der Waals surface area contributed by atoms with Crippen molar-refractivity contribution in [3.8, 4) is 0 Å². The molecule has 0 aliphatic carbocycles. The van der Waals surface area contributed by atoms with Crippen molar-refractivity contribution in [2.75, 3.05) is 18.5 Å². The fraction of sp³-hybridized carbons (Fsp3) is 0.636. The van der Waals surface area contributed by atoms with E-state index in [1.54, 1.807) is 6.20 Å². The number of halogens is 1. The lowest BCUT2D eigenvalue weighted by Gasteiger charge is -2.11. The Labute approximate surface area is 106 Å². The van der Waals surface area contributed by atoms with Gasteiger partial charge >= 0.3 is 0 Å². The predicted molar refractivity (Wildman–Crippen MR) is 68.8 cm³/mol. The van der Waals surface area contributed by atoms with Crippen LogP contribution in [-0.2, 0) is 11.3 Å². The molecule has 0 bridgehead atoms. The summed E-state index contributed by atoms with van der Waals surface area (Å²) in [5.74, 6) is 0. The number of ether oxygens (including phenoxy) is 1. The predicted octanol–water partition coefficient (Wildman–Crippen LogP) is 1.75. The first-order valence-electron chi connectivity index (χ1n) is 5.67. The van der Waals surface area contributed by atoms with E-state index >= 15 is 0 Å². The molecule has 0 amide bonds. The van der Waals surface area contributed by atoms with E-state index in [1.807, 2.05) is 20.8 Å². The third-order valence-electron chi connectivity index (χ3n) is 2.15. The molecule has 1 aromatic rings. The van der Waals surface area contributed by atoms with E-state index in [9.17, 15) is 4.79 Å². The number of anilines is 1. The van der Waals surface area contributed by atoms with Gasteiger partial charge in [0.1, 0.15) is 5.02 Å². The van der Waals surface area contributed by atoms with Gasteiger partial charge in [-0.3, -0.25) is 4.79 Å². The standard InChI is InChI=1S/C11H18ClN3O2/c1-4-15-11(16)10(12)9(7-14-15)13-5-6-17-8(2)3/h7-8,13H,4-6H2,1-3H3. The van der Waals surface area contributed by atoms with Gasteiger partial charge < -0.3 is 10.1 Å². The maximum Gasteiger partial charge on any atom is 0.287 e. The van der Waals surface area contributed by atoms with Crippen molar-refractivity contribution in [3.63, 3.8) is 0 Å². The topological polar surface area (TPSA) is 56.1 Å². The van der Waals surface area contributed by atoms with E-state index in [4.69, 9.17) is 16.3 Å². The minimum atomic E-state index is -0.274. The summed E-state index contributed by atoms with van der Waals surface area (Å²) in [6.45, 7) is 7.44. The highest BCUT2D eigenvalue weighted by Gasteiger charge is 2.07. The average Bonchev–Trinajstić information content (AvgIpc) is 2.29. The van der Waals surface area contributed by atoms with E-state index in [-0.39, 0.29) is 16.7 Å². The van der Waals surface area contributed by atoms with E-state index < -0.39 is 0 Å². The first-order chi connectivity index (χ1) is 8.06. The molecule has 0 saturated heterocycles. The number of nitrogens with zero attached hydrogens (tertiary/aromatic N) is 2. The second-order valence-electron chi connectivity index (χ2n) is 3.84. The third-order valence-corrected chi connectivity index (χ3v) is 2.52. The zero-order valence-corrected chi connectivity index (χ0v) is 11.1. The Kier molecular flexibility index (Phi) is 5.44. The Hall–Kier alpha value is -1.07. The van der Waals surface area contributed by atoms with Gasteiger partial charge in [0, 0.05) is 13.1 Å². The molecule has 0 atom stereocenters. The van der Waals surface area contributed by atoms with Gasteiger partial charge in [0.05, 0.1) is 24.6 Å². The van der Waals surface area contributed by atoms with Crippen LogP contribution in [-0.4, -0.2) is 29.0 Å². The second-order valence-corrected chi connectivity index (χ2v) is 4.22. The number of rotatable bonds is 6. The van der Waals surface area contributed by atoms with Gasteiger partial charge in [-0.15, -0.1) is 0 Å². The van der Waals surface area contributed by atoms with Gasteiger partial charge in [0.25, 0.3) is 5.56 Å². The number of aromatic nitrogens is 2. The number of hydrogen-bond acceptors (Lipinski definition) is 4. The molecule has 0 saturated carbocycles. The Balaban J connectivity index is 2.61. The van der Waals surface area contributed by atoms with Crippen LogP contribution in [0.3, 0.4) is 0 Å². The van der Waals surface area contributed by atoms with Crippen LogP contribution >= 0.6 is 11.6 Å². The van der Waals surface area contributed by atoms with Gasteiger partial charge in [-0.25, -0.2) is 4.68 Å². The van der Waals surface area contributed by atoms with Crippen LogP contribution in [0.15, 0.2) is 11.0 Å². The fourth-order valence-electron chi connectivity index (χ4n) is 1.29. The molecule has 1 rings (SSSR count). The van der Waals surface area contributed by atoms with Gasteiger partial charge in [-0.1, -0.05) is 11.6 Å². The van der Waals surface area contributed by atoms with Gasteiger partial charge in [0.15, 0.2) is 0 Å². The van der Waals surface area contributed by atoms with E-state index in [2.05, 4.69) is 10.4 Å².